The summed E-state index contributed by atoms with van der Waals surface area (Å²) in [5.74, 6) is -1.13. The van der Waals surface area contributed by atoms with Gasteiger partial charge in [0.2, 0.25) is 0 Å². The van der Waals surface area contributed by atoms with Gasteiger partial charge in [-0.05, 0) is 19.1 Å². The third-order valence-electron chi connectivity index (χ3n) is 2.04. The lowest BCUT2D eigenvalue weighted by Gasteiger charge is -2.14. The van der Waals surface area contributed by atoms with E-state index in [9.17, 15) is 18.0 Å². The van der Waals surface area contributed by atoms with Gasteiger partial charge in [0.25, 0.3) is 0 Å². The lowest BCUT2D eigenvalue weighted by atomic mass is 10.0. The Morgan fingerprint density at radius 3 is 2.56 bits per heavy atom. The number of nitrogens with zero attached hydrogens (tertiary/aromatic N) is 1. The Bertz CT molecular complexity index is 520. The number of esters is 1. The zero-order valence-electron chi connectivity index (χ0n) is 9.14. The second-order valence-corrected chi connectivity index (χ2v) is 3.56. The van der Waals surface area contributed by atoms with E-state index in [0.717, 1.165) is 12.1 Å². The Morgan fingerprint density at radius 2 is 2.11 bits per heavy atom. The van der Waals surface area contributed by atoms with Crippen LogP contribution in [0.3, 0.4) is 0 Å². The summed E-state index contributed by atoms with van der Waals surface area (Å²) >= 11 is 5.49. The molecule has 0 aliphatic carbocycles. The molecule has 0 N–H and O–H groups in total. The average molecular weight is 278 g/mol. The van der Waals surface area contributed by atoms with E-state index < -0.39 is 28.3 Å². The van der Waals surface area contributed by atoms with Crippen molar-refractivity contribution in [1.82, 2.24) is 0 Å². The summed E-state index contributed by atoms with van der Waals surface area (Å²) in [4.78, 5) is 11.4. The van der Waals surface area contributed by atoms with E-state index in [1.165, 1.54) is 13.0 Å². The minimum atomic E-state index is -4.84. The van der Waals surface area contributed by atoms with Crippen LogP contribution in [0.25, 0.3) is 0 Å². The van der Waals surface area contributed by atoms with Crippen molar-refractivity contribution in [2.45, 2.75) is 13.1 Å². The molecule has 0 aliphatic heterocycles. The summed E-state index contributed by atoms with van der Waals surface area (Å²) in [6, 6.07) is 3.45. The monoisotopic (exact) mass is 277 g/mol. The molecule has 0 unspecified atom stereocenters. The van der Waals surface area contributed by atoms with Crippen molar-refractivity contribution >= 4 is 17.6 Å². The van der Waals surface area contributed by atoms with Gasteiger partial charge in [0, 0.05) is 0 Å². The maximum absolute atomic E-state index is 12.8. The Morgan fingerprint density at radius 1 is 1.50 bits per heavy atom. The number of carbonyl (C=O) groups excluding carboxylic acids is 1. The van der Waals surface area contributed by atoms with Crippen LogP contribution < -0.4 is 0 Å². The molecule has 0 aromatic heterocycles. The quantitative estimate of drug-likeness (QED) is 0.778. The number of hydrogen-bond acceptors (Lipinski definition) is 3. The fourth-order valence-corrected chi connectivity index (χ4v) is 1.63. The molecule has 0 bridgehead atoms. The number of carbonyl (C=O) groups is 1. The number of hydrogen-bond donors (Lipinski definition) is 0. The number of alkyl halides is 3. The number of benzene rings is 1. The summed E-state index contributed by atoms with van der Waals surface area (Å²) in [6.45, 7) is 1.41. The molecule has 0 spiro atoms. The van der Waals surface area contributed by atoms with Gasteiger partial charge < -0.3 is 4.74 Å². The third-order valence-corrected chi connectivity index (χ3v) is 2.43. The molecule has 0 aliphatic rings. The van der Waals surface area contributed by atoms with E-state index in [4.69, 9.17) is 16.9 Å². The minimum Gasteiger partial charge on any atom is -0.462 e. The van der Waals surface area contributed by atoms with Crippen molar-refractivity contribution in [3.05, 3.63) is 33.8 Å². The first-order chi connectivity index (χ1) is 8.32. The van der Waals surface area contributed by atoms with Gasteiger partial charge in [-0.3, -0.25) is 0 Å². The number of rotatable bonds is 2. The second kappa shape index (κ2) is 5.27. The number of nitriles is 1. The van der Waals surface area contributed by atoms with E-state index in [0.29, 0.717) is 0 Å². The molecule has 1 aromatic carbocycles. The van der Waals surface area contributed by atoms with Crippen LogP contribution in [0.15, 0.2) is 12.1 Å². The molecule has 18 heavy (non-hydrogen) atoms. The highest BCUT2D eigenvalue weighted by Gasteiger charge is 2.39. The number of ether oxygens (including phenoxy) is 1. The molecule has 1 rings (SSSR count). The highest BCUT2D eigenvalue weighted by atomic mass is 35.5. The summed E-state index contributed by atoms with van der Waals surface area (Å²) < 4.78 is 43.0. The van der Waals surface area contributed by atoms with Crippen molar-refractivity contribution in [3.63, 3.8) is 0 Å². The van der Waals surface area contributed by atoms with E-state index in [-0.39, 0.29) is 12.2 Å². The third kappa shape index (κ3) is 2.74. The topological polar surface area (TPSA) is 50.1 Å². The molecule has 0 atom stereocenters. The van der Waals surface area contributed by atoms with Gasteiger partial charge in [-0.25, -0.2) is 4.79 Å². The van der Waals surface area contributed by atoms with Crippen LogP contribution in [0.2, 0.25) is 5.02 Å². The fourth-order valence-electron chi connectivity index (χ4n) is 1.32. The molecule has 7 heteroatoms. The zero-order chi connectivity index (χ0) is 13.9. The van der Waals surface area contributed by atoms with Gasteiger partial charge in [0.05, 0.1) is 28.3 Å². The highest BCUT2D eigenvalue weighted by molar-refractivity contribution is 6.33. The summed E-state index contributed by atoms with van der Waals surface area (Å²) in [5.41, 5.74) is -2.40. The lowest BCUT2D eigenvalue weighted by molar-refractivity contribution is -0.138. The molecular formula is C11H7ClF3NO2. The first kappa shape index (κ1) is 14.3. The zero-order valence-corrected chi connectivity index (χ0v) is 9.89. The van der Waals surface area contributed by atoms with Gasteiger partial charge in [0.15, 0.2) is 0 Å². The Hall–Kier alpha value is -1.74. The van der Waals surface area contributed by atoms with Crippen molar-refractivity contribution in [1.29, 1.82) is 5.26 Å². The van der Waals surface area contributed by atoms with Crippen LogP contribution >= 0.6 is 11.6 Å². The van der Waals surface area contributed by atoms with Crippen LogP contribution in [-0.4, -0.2) is 12.6 Å². The summed E-state index contributed by atoms with van der Waals surface area (Å²) in [6.07, 6.45) is -4.84. The van der Waals surface area contributed by atoms with Crippen LogP contribution in [0.4, 0.5) is 13.2 Å². The standard InChI is InChI=1S/C11H7ClF3NO2/c1-2-18-10(17)7-4-3-6(5-16)9(12)8(7)11(13,14)15/h3-4H,2H2,1H3. The molecule has 1 aromatic rings. The normalized spacial score (nSPS) is 10.9. The SMILES string of the molecule is CCOC(=O)c1ccc(C#N)c(Cl)c1C(F)(F)F. The van der Waals surface area contributed by atoms with Crippen LogP contribution in [0.1, 0.15) is 28.4 Å². The maximum Gasteiger partial charge on any atom is 0.418 e. The van der Waals surface area contributed by atoms with E-state index in [1.54, 1.807) is 0 Å². The molecule has 3 nitrogen and oxygen atoms in total. The smallest absolute Gasteiger partial charge is 0.418 e. The largest absolute Gasteiger partial charge is 0.462 e. The Labute approximate surface area is 106 Å². The van der Waals surface area contributed by atoms with Gasteiger partial charge in [-0.2, -0.15) is 18.4 Å². The second-order valence-electron chi connectivity index (χ2n) is 3.18. The lowest BCUT2D eigenvalue weighted by Crippen LogP contribution is -2.16. The molecule has 0 amide bonds. The average Bonchev–Trinajstić information content (AvgIpc) is 2.27. The molecule has 0 fully saturated rings. The highest BCUT2D eigenvalue weighted by Crippen LogP contribution is 2.39. The number of halogens is 4. The van der Waals surface area contributed by atoms with E-state index in [2.05, 4.69) is 4.74 Å². The fraction of sp³-hybridized carbons (Fsp3) is 0.273. The van der Waals surface area contributed by atoms with E-state index >= 15 is 0 Å². The molecule has 0 saturated carbocycles. The van der Waals surface area contributed by atoms with Gasteiger partial charge in [0.1, 0.15) is 6.07 Å². The molecule has 96 valence electrons. The van der Waals surface area contributed by atoms with Crippen molar-refractivity contribution < 1.29 is 22.7 Å². The van der Waals surface area contributed by atoms with Gasteiger partial charge in [-0.1, -0.05) is 11.6 Å². The predicted molar refractivity (Wildman–Crippen MR) is 57.1 cm³/mol. The molecule has 0 radical (unpaired) electrons. The summed E-state index contributed by atoms with van der Waals surface area (Å²) in [5, 5.41) is 7.83. The van der Waals surface area contributed by atoms with Crippen molar-refractivity contribution in [3.8, 4) is 6.07 Å². The van der Waals surface area contributed by atoms with Gasteiger partial charge in [-0.15, -0.1) is 0 Å². The minimum absolute atomic E-state index is 0.0618. The van der Waals surface area contributed by atoms with Crippen LogP contribution in [0, 0.1) is 11.3 Å². The van der Waals surface area contributed by atoms with Crippen LogP contribution in [0.5, 0.6) is 0 Å². The summed E-state index contributed by atoms with van der Waals surface area (Å²) in [7, 11) is 0. The maximum atomic E-state index is 12.8. The van der Waals surface area contributed by atoms with Crippen molar-refractivity contribution in [2.75, 3.05) is 6.61 Å². The van der Waals surface area contributed by atoms with Crippen LogP contribution in [-0.2, 0) is 10.9 Å². The first-order valence-electron chi connectivity index (χ1n) is 4.79. The van der Waals surface area contributed by atoms with E-state index in [1.807, 2.05) is 0 Å². The van der Waals surface area contributed by atoms with Gasteiger partial charge >= 0.3 is 12.1 Å². The molecule has 0 saturated heterocycles. The Balaban J connectivity index is 3.50. The molecule has 0 heterocycles. The molecular weight excluding hydrogens is 271 g/mol. The first-order valence-corrected chi connectivity index (χ1v) is 5.17. The Kier molecular flexibility index (Phi) is 4.19. The van der Waals surface area contributed by atoms with Crippen molar-refractivity contribution in [2.24, 2.45) is 0 Å². The predicted octanol–water partition coefficient (Wildman–Crippen LogP) is 3.41.